The molecule has 1 aromatic carbocycles. The summed E-state index contributed by atoms with van der Waals surface area (Å²) < 4.78 is 10.7. The second kappa shape index (κ2) is 6.76. The Balaban J connectivity index is 2.00. The molecule has 2 unspecified atom stereocenters. The lowest BCUT2D eigenvalue weighted by atomic mass is 9.92. The van der Waals surface area contributed by atoms with Gasteiger partial charge >= 0.3 is 0 Å². The first-order chi connectivity index (χ1) is 8.83. The highest BCUT2D eigenvalue weighted by Gasteiger charge is 2.24. The van der Waals surface area contributed by atoms with Crippen LogP contribution in [0.2, 0.25) is 0 Å². The number of hydrogen-bond donors (Lipinski definition) is 1. The van der Waals surface area contributed by atoms with Crippen molar-refractivity contribution < 1.29 is 9.47 Å². The van der Waals surface area contributed by atoms with Crippen LogP contribution < -0.4 is 5.32 Å². The molecular formula is C15H23NO2. The second-order valence-electron chi connectivity index (χ2n) is 4.94. The quantitative estimate of drug-likeness (QED) is 0.869. The van der Waals surface area contributed by atoms with Crippen LogP contribution in [-0.2, 0) is 16.1 Å². The highest BCUT2D eigenvalue weighted by Crippen LogP contribution is 2.24. The SMILES string of the molecule is COCc1cccc(NC2CCCCC2OC)c1. The summed E-state index contributed by atoms with van der Waals surface area (Å²) in [6.45, 7) is 0.661. The summed E-state index contributed by atoms with van der Waals surface area (Å²) in [5.74, 6) is 0. The molecule has 1 fully saturated rings. The third-order valence-corrected chi connectivity index (χ3v) is 3.60. The highest BCUT2D eigenvalue weighted by atomic mass is 16.5. The van der Waals surface area contributed by atoms with Crippen LogP contribution in [-0.4, -0.2) is 26.4 Å². The minimum Gasteiger partial charge on any atom is -0.380 e. The smallest absolute Gasteiger partial charge is 0.0772 e. The first-order valence-corrected chi connectivity index (χ1v) is 6.70. The predicted octanol–water partition coefficient (Wildman–Crippen LogP) is 3.20. The number of anilines is 1. The Hall–Kier alpha value is -1.06. The van der Waals surface area contributed by atoms with Crippen molar-refractivity contribution in [2.24, 2.45) is 0 Å². The van der Waals surface area contributed by atoms with Gasteiger partial charge in [-0.25, -0.2) is 0 Å². The number of nitrogens with one attached hydrogen (secondary N) is 1. The van der Waals surface area contributed by atoms with Crippen molar-refractivity contribution in [3.63, 3.8) is 0 Å². The number of rotatable bonds is 5. The number of benzene rings is 1. The summed E-state index contributed by atoms with van der Waals surface area (Å²) in [7, 11) is 3.54. The van der Waals surface area contributed by atoms with Gasteiger partial charge in [-0.05, 0) is 30.5 Å². The Labute approximate surface area is 109 Å². The van der Waals surface area contributed by atoms with Crippen LogP contribution in [0.5, 0.6) is 0 Å². The molecule has 0 saturated heterocycles. The second-order valence-corrected chi connectivity index (χ2v) is 4.94. The number of methoxy groups -OCH3 is 2. The zero-order chi connectivity index (χ0) is 12.8. The molecule has 0 amide bonds. The average molecular weight is 249 g/mol. The molecule has 1 aromatic rings. The third-order valence-electron chi connectivity index (χ3n) is 3.60. The maximum Gasteiger partial charge on any atom is 0.0772 e. The summed E-state index contributed by atoms with van der Waals surface area (Å²) in [4.78, 5) is 0. The minimum absolute atomic E-state index is 0.338. The van der Waals surface area contributed by atoms with Crippen molar-refractivity contribution in [1.29, 1.82) is 0 Å². The normalized spacial score (nSPS) is 23.9. The van der Waals surface area contributed by atoms with Gasteiger partial charge in [-0.15, -0.1) is 0 Å². The van der Waals surface area contributed by atoms with Crippen molar-refractivity contribution in [2.75, 3.05) is 19.5 Å². The van der Waals surface area contributed by atoms with Crippen LogP contribution in [0.15, 0.2) is 24.3 Å². The van der Waals surface area contributed by atoms with E-state index >= 15 is 0 Å². The summed E-state index contributed by atoms with van der Waals surface area (Å²) in [6, 6.07) is 8.86. The van der Waals surface area contributed by atoms with E-state index in [2.05, 4.69) is 29.6 Å². The predicted molar refractivity (Wildman–Crippen MR) is 73.8 cm³/mol. The van der Waals surface area contributed by atoms with Crippen LogP contribution >= 0.6 is 0 Å². The molecule has 3 nitrogen and oxygen atoms in total. The van der Waals surface area contributed by atoms with E-state index in [1.165, 1.54) is 30.5 Å². The van der Waals surface area contributed by atoms with Crippen LogP contribution in [0.4, 0.5) is 5.69 Å². The van der Waals surface area contributed by atoms with E-state index in [0.29, 0.717) is 18.8 Å². The standard InChI is InChI=1S/C15H23NO2/c1-17-11-12-6-5-7-13(10-12)16-14-8-3-4-9-15(14)18-2/h5-7,10,14-16H,3-4,8-9,11H2,1-2H3. The zero-order valence-electron chi connectivity index (χ0n) is 11.3. The molecule has 3 heteroatoms. The Morgan fingerprint density at radius 2 is 2.06 bits per heavy atom. The maximum absolute atomic E-state index is 5.57. The van der Waals surface area contributed by atoms with Gasteiger partial charge in [0.2, 0.25) is 0 Å². The topological polar surface area (TPSA) is 30.5 Å². The summed E-state index contributed by atoms with van der Waals surface area (Å²) >= 11 is 0. The molecule has 2 atom stereocenters. The summed E-state index contributed by atoms with van der Waals surface area (Å²) in [6.07, 6.45) is 5.25. The fraction of sp³-hybridized carbons (Fsp3) is 0.600. The van der Waals surface area contributed by atoms with Crippen molar-refractivity contribution in [3.8, 4) is 0 Å². The molecule has 0 aromatic heterocycles. The Kier molecular flexibility index (Phi) is 5.02. The number of ether oxygens (including phenoxy) is 2. The fourth-order valence-electron chi connectivity index (χ4n) is 2.68. The van der Waals surface area contributed by atoms with Gasteiger partial charge in [0.25, 0.3) is 0 Å². The van der Waals surface area contributed by atoms with Gasteiger partial charge in [0.1, 0.15) is 0 Å². The lowest BCUT2D eigenvalue weighted by molar-refractivity contribution is 0.0606. The molecule has 1 saturated carbocycles. The van der Waals surface area contributed by atoms with E-state index in [0.717, 1.165) is 6.42 Å². The lowest BCUT2D eigenvalue weighted by Gasteiger charge is -2.31. The molecule has 0 heterocycles. The highest BCUT2D eigenvalue weighted by molar-refractivity contribution is 5.46. The molecule has 2 rings (SSSR count). The molecule has 1 aliphatic carbocycles. The molecular weight excluding hydrogens is 226 g/mol. The van der Waals surface area contributed by atoms with Crippen molar-refractivity contribution in [2.45, 2.75) is 44.4 Å². The van der Waals surface area contributed by atoms with Crippen molar-refractivity contribution in [1.82, 2.24) is 0 Å². The monoisotopic (exact) mass is 249 g/mol. The molecule has 1 N–H and O–H groups in total. The van der Waals surface area contributed by atoms with Gasteiger partial charge in [0.05, 0.1) is 18.8 Å². The van der Waals surface area contributed by atoms with Gasteiger partial charge in [-0.1, -0.05) is 25.0 Å². The van der Waals surface area contributed by atoms with Gasteiger partial charge in [-0.3, -0.25) is 0 Å². The summed E-state index contributed by atoms with van der Waals surface area (Å²) in [5, 5.41) is 3.60. The Morgan fingerprint density at radius 1 is 1.22 bits per heavy atom. The minimum atomic E-state index is 0.338. The van der Waals surface area contributed by atoms with Crippen LogP contribution in [0.1, 0.15) is 31.2 Å². The molecule has 0 spiro atoms. The van der Waals surface area contributed by atoms with Crippen molar-refractivity contribution >= 4 is 5.69 Å². The maximum atomic E-state index is 5.57. The molecule has 0 aliphatic heterocycles. The van der Waals surface area contributed by atoms with Gasteiger partial charge < -0.3 is 14.8 Å². The van der Waals surface area contributed by atoms with Crippen LogP contribution in [0, 0.1) is 0 Å². The van der Waals surface area contributed by atoms with Gasteiger partial charge in [0.15, 0.2) is 0 Å². The third kappa shape index (κ3) is 3.47. The first kappa shape index (κ1) is 13.4. The summed E-state index contributed by atoms with van der Waals surface area (Å²) in [5.41, 5.74) is 2.37. The van der Waals surface area contributed by atoms with Gasteiger partial charge in [-0.2, -0.15) is 0 Å². The van der Waals surface area contributed by atoms with Gasteiger partial charge in [0, 0.05) is 19.9 Å². The molecule has 1 aliphatic rings. The largest absolute Gasteiger partial charge is 0.380 e. The lowest BCUT2D eigenvalue weighted by Crippen LogP contribution is -2.37. The molecule has 0 radical (unpaired) electrons. The van der Waals surface area contributed by atoms with E-state index in [9.17, 15) is 0 Å². The van der Waals surface area contributed by atoms with E-state index in [-0.39, 0.29) is 0 Å². The van der Waals surface area contributed by atoms with Crippen molar-refractivity contribution in [3.05, 3.63) is 29.8 Å². The van der Waals surface area contributed by atoms with E-state index < -0.39 is 0 Å². The first-order valence-electron chi connectivity index (χ1n) is 6.70. The Morgan fingerprint density at radius 3 is 2.83 bits per heavy atom. The molecule has 0 bridgehead atoms. The van der Waals surface area contributed by atoms with Crippen LogP contribution in [0.25, 0.3) is 0 Å². The van der Waals surface area contributed by atoms with E-state index in [1.807, 2.05) is 7.11 Å². The number of hydrogen-bond acceptors (Lipinski definition) is 3. The van der Waals surface area contributed by atoms with E-state index in [4.69, 9.17) is 9.47 Å². The van der Waals surface area contributed by atoms with Crippen LogP contribution in [0.3, 0.4) is 0 Å². The van der Waals surface area contributed by atoms with E-state index in [1.54, 1.807) is 7.11 Å². The molecule has 18 heavy (non-hydrogen) atoms. The Bertz CT molecular complexity index is 367. The average Bonchev–Trinajstić information content (AvgIpc) is 2.40. The molecule has 100 valence electrons. The zero-order valence-corrected chi connectivity index (χ0v) is 11.3. The fourth-order valence-corrected chi connectivity index (χ4v) is 2.68.